The lowest BCUT2D eigenvalue weighted by Crippen LogP contribution is -2.41. The van der Waals surface area contributed by atoms with Crippen LogP contribution in [0.2, 0.25) is 0 Å². The van der Waals surface area contributed by atoms with Crippen molar-refractivity contribution in [1.29, 1.82) is 0 Å². The highest BCUT2D eigenvalue weighted by Gasteiger charge is 2.49. The molecule has 9 heteroatoms. The third kappa shape index (κ3) is 3.11. The average Bonchev–Trinajstić information content (AvgIpc) is 2.63. The van der Waals surface area contributed by atoms with Crippen LogP contribution in [-0.2, 0) is 4.79 Å². The molecule has 1 heterocycles. The molecule has 5 nitrogen and oxygen atoms in total. The lowest BCUT2D eigenvalue weighted by atomic mass is 10.2. The van der Waals surface area contributed by atoms with E-state index in [9.17, 15) is 22.4 Å². The van der Waals surface area contributed by atoms with Crippen LogP contribution in [0.5, 0.6) is 11.5 Å². The number of fused-ring (bicyclic) bond motifs is 1. The maximum Gasteiger partial charge on any atom is 0.383 e. The Balaban J connectivity index is 2.25. The van der Waals surface area contributed by atoms with Crippen LogP contribution in [0, 0.1) is 0 Å². The molecule has 1 aliphatic heterocycles. The maximum atomic E-state index is 12.9. The monoisotopic (exact) mass is 308 g/mol. The fraction of sp³-hybridized carbons (Fsp3) is 0.417. The van der Waals surface area contributed by atoms with Crippen LogP contribution >= 0.6 is 0 Å². The maximum absolute atomic E-state index is 12.9. The normalized spacial score (nSPS) is 14.7. The van der Waals surface area contributed by atoms with Crippen LogP contribution < -0.4 is 20.5 Å². The quantitative estimate of drug-likeness (QED) is 0.663. The van der Waals surface area contributed by atoms with Gasteiger partial charge in [0.15, 0.2) is 11.5 Å². The van der Waals surface area contributed by atoms with Crippen molar-refractivity contribution in [3.05, 3.63) is 12.1 Å². The number of carbonyl (C=O) groups is 1. The van der Waals surface area contributed by atoms with Gasteiger partial charge in [0, 0.05) is 18.6 Å². The number of ether oxygens (including phenoxy) is 2. The fourth-order valence-corrected chi connectivity index (χ4v) is 1.64. The summed E-state index contributed by atoms with van der Waals surface area (Å²) < 4.78 is 60.6. The van der Waals surface area contributed by atoms with Crippen molar-refractivity contribution in [2.75, 3.05) is 24.3 Å². The SMILES string of the molecule is Nc1cc2c(cc1NC(=O)C(F)(F)C(F)F)OCCCO2. The molecule has 0 saturated carbocycles. The summed E-state index contributed by atoms with van der Waals surface area (Å²) in [7, 11) is 0. The molecular weight excluding hydrogens is 296 g/mol. The number of nitrogens with two attached hydrogens (primary N) is 1. The number of nitrogens with one attached hydrogen (secondary N) is 1. The summed E-state index contributed by atoms with van der Waals surface area (Å²) in [5.41, 5.74) is 5.24. The van der Waals surface area contributed by atoms with Gasteiger partial charge in [-0.1, -0.05) is 0 Å². The van der Waals surface area contributed by atoms with Gasteiger partial charge < -0.3 is 20.5 Å². The molecule has 2 rings (SSSR count). The van der Waals surface area contributed by atoms with Crippen molar-refractivity contribution in [3.8, 4) is 11.5 Å². The molecule has 0 aliphatic carbocycles. The van der Waals surface area contributed by atoms with Crippen LogP contribution in [0.25, 0.3) is 0 Å². The van der Waals surface area contributed by atoms with Gasteiger partial charge in [-0.05, 0) is 0 Å². The molecule has 0 radical (unpaired) electrons. The summed E-state index contributed by atoms with van der Waals surface area (Å²) >= 11 is 0. The molecule has 1 amide bonds. The Bertz CT molecular complexity index is 552. The number of hydrogen-bond acceptors (Lipinski definition) is 4. The number of alkyl halides is 4. The molecular formula is C12H12F4N2O3. The topological polar surface area (TPSA) is 73.6 Å². The molecule has 116 valence electrons. The van der Waals surface area contributed by atoms with E-state index in [1.54, 1.807) is 5.32 Å². The second-order valence-electron chi connectivity index (χ2n) is 4.31. The van der Waals surface area contributed by atoms with Gasteiger partial charge in [-0.15, -0.1) is 0 Å². The van der Waals surface area contributed by atoms with Gasteiger partial charge >= 0.3 is 18.3 Å². The minimum Gasteiger partial charge on any atom is -0.489 e. The van der Waals surface area contributed by atoms with E-state index in [1.165, 1.54) is 6.07 Å². The summed E-state index contributed by atoms with van der Waals surface area (Å²) in [4.78, 5) is 11.2. The van der Waals surface area contributed by atoms with E-state index in [-0.39, 0.29) is 17.1 Å². The first kappa shape index (κ1) is 15.2. The summed E-state index contributed by atoms with van der Waals surface area (Å²) in [6.45, 7) is 0.721. The summed E-state index contributed by atoms with van der Waals surface area (Å²) in [6, 6.07) is 2.44. The van der Waals surface area contributed by atoms with E-state index in [0.29, 0.717) is 25.4 Å². The second kappa shape index (κ2) is 5.66. The molecule has 0 fully saturated rings. The minimum absolute atomic E-state index is 0.0994. The second-order valence-corrected chi connectivity index (χ2v) is 4.31. The van der Waals surface area contributed by atoms with Crippen LogP contribution in [0.3, 0.4) is 0 Å². The molecule has 0 atom stereocenters. The summed E-state index contributed by atoms with van der Waals surface area (Å²) in [5.74, 6) is -6.46. The molecule has 1 aromatic carbocycles. The largest absolute Gasteiger partial charge is 0.489 e. The first-order valence-corrected chi connectivity index (χ1v) is 5.99. The van der Waals surface area contributed by atoms with Crippen molar-refractivity contribution >= 4 is 17.3 Å². The Morgan fingerprint density at radius 2 is 1.81 bits per heavy atom. The number of anilines is 2. The number of carbonyl (C=O) groups excluding carboxylic acids is 1. The van der Waals surface area contributed by atoms with Gasteiger partial charge in [0.05, 0.1) is 24.6 Å². The Morgan fingerprint density at radius 1 is 1.24 bits per heavy atom. The Morgan fingerprint density at radius 3 is 2.38 bits per heavy atom. The zero-order valence-corrected chi connectivity index (χ0v) is 10.7. The molecule has 1 aliphatic rings. The number of nitrogen functional groups attached to an aromatic ring is 1. The fourth-order valence-electron chi connectivity index (χ4n) is 1.64. The van der Waals surface area contributed by atoms with Gasteiger partial charge in [-0.25, -0.2) is 8.78 Å². The highest BCUT2D eigenvalue weighted by Crippen LogP contribution is 2.37. The standard InChI is InChI=1S/C12H12F4N2O3/c13-10(14)12(15,16)11(19)18-7-5-9-8(4-6(7)17)20-2-1-3-21-9/h4-5,10H,1-3,17H2,(H,18,19). The van der Waals surface area contributed by atoms with Crippen LogP contribution in [0.15, 0.2) is 12.1 Å². The van der Waals surface area contributed by atoms with Gasteiger partial charge in [0.2, 0.25) is 0 Å². The highest BCUT2D eigenvalue weighted by atomic mass is 19.3. The highest BCUT2D eigenvalue weighted by molar-refractivity contribution is 5.99. The van der Waals surface area contributed by atoms with Gasteiger partial charge in [0.1, 0.15) is 0 Å². The number of rotatable bonds is 3. The van der Waals surface area contributed by atoms with Crippen molar-refractivity contribution in [2.45, 2.75) is 18.8 Å². The van der Waals surface area contributed by atoms with Crippen LogP contribution in [-0.4, -0.2) is 31.5 Å². The molecule has 0 bridgehead atoms. The number of amides is 1. The van der Waals surface area contributed by atoms with Crippen LogP contribution in [0.4, 0.5) is 28.9 Å². The third-order valence-corrected chi connectivity index (χ3v) is 2.74. The molecule has 1 aromatic rings. The molecule has 0 saturated heterocycles. The summed E-state index contributed by atoms with van der Waals surface area (Å²) in [5, 5.41) is 1.67. The predicted molar refractivity (Wildman–Crippen MR) is 66.0 cm³/mol. The van der Waals surface area contributed by atoms with Gasteiger partial charge in [-0.3, -0.25) is 4.79 Å². The third-order valence-electron chi connectivity index (χ3n) is 2.74. The summed E-state index contributed by atoms with van der Waals surface area (Å²) in [6.07, 6.45) is -3.50. The Labute approximate surface area is 117 Å². The van der Waals surface area contributed by atoms with E-state index < -0.39 is 18.3 Å². The number of hydrogen-bond donors (Lipinski definition) is 2. The molecule has 21 heavy (non-hydrogen) atoms. The molecule has 0 unspecified atom stereocenters. The van der Waals surface area contributed by atoms with Gasteiger partial charge in [-0.2, -0.15) is 8.78 Å². The molecule has 3 N–H and O–H groups in total. The van der Waals surface area contributed by atoms with Crippen molar-refractivity contribution in [1.82, 2.24) is 0 Å². The first-order chi connectivity index (χ1) is 9.82. The lowest BCUT2D eigenvalue weighted by molar-refractivity contribution is -0.163. The van der Waals surface area contributed by atoms with Crippen molar-refractivity contribution in [2.24, 2.45) is 0 Å². The average molecular weight is 308 g/mol. The van der Waals surface area contributed by atoms with E-state index in [2.05, 4.69) is 0 Å². The van der Waals surface area contributed by atoms with E-state index in [4.69, 9.17) is 15.2 Å². The minimum atomic E-state index is -4.81. The zero-order chi connectivity index (χ0) is 15.6. The Hall–Kier alpha value is -2.19. The smallest absolute Gasteiger partial charge is 0.383 e. The van der Waals surface area contributed by atoms with Crippen molar-refractivity contribution in [3.63, 3.8) is 0 Å². The first-order valence-electron chi connectivity index (χ1n) is 5.99. The predicted octanol–water partition coefficient (Wildman–Crippen LogP) is 2.27. The molecule has 0 aromatic heterocycles. The van der Waals surface area contributed by atoms with Crippen LogP contribution in [0.1, 0.15) is 6.42 Å². The van der Waals surface area contributed by atoms with Crippen molar-refractivity contribution < 1.29 is 31.8 Å². The van der Waals surface area contributed by atoms with E-state index >= 15 is 0 Å². The van der Waals surface area contributed by atoms with E-state index in [1.807, 2.05) is 0 Å². The number of benzene rings is 1. The van der Waals surface area contributed by atoms with E-state index in [0.717, 1.165) is 6.07 Å². The lowest BCUT2D eigenvalue weighted by Gasteiger charge is -2.17. The molecule has 0 spiro atoms. The Kier molecular flexibility index (Phi) is 4.10. The number of halogens is 4. The zero-order valence-electron chi connectivity index (χ0n) is 10.7. The van der Waals surface area contributed by atoms with Gasteiger partial charge in [0.25, 0.3) is 0 Å².